The molecule has 2 aromatic rings. The fraction of sp³-hybridized carbons (Fsp3) is 0.375. The lowest BCUT2D eigenvalue weighted by molar-refractivity contribution is -0.120. The van der Waals surface area contributed by atoms with Crippen molar-refractivity contribution in [1.82, 2.24) is 15.2 Å². The normalized spacial score (nSPS) is 10.6. The lowest BCUT2D eigenvalue weighted by Gasteiger charge is -2.11. The smallest absolute Gasteiger partial charge is 0.238 e. The highest BCUT2D eigenvalue weighted by Crippen LogP contribution is 2.14. The van der Waals surface area contributed by atoms with Gasteiger partial charge in [-0.25, -0.2) is 5.84 Å². The standard InChI is InChI=1S/C16H22N4O/c1-3-14-10-15(4-2)20(19-14)11-13-8-6-5-7-12(13)9-16(21)18-17/h5-8,10H,3-4,9,11,17H2,1-2H3,(H,18,21). The molecule has 0 aliphatic rings. The summed E-state index contributed by atoms with van der Waals surface area (Å²) in [6.07, 6.45) is 2.16. The van der Waals surface area contributed by atoms with Crippen molar-refractivity contribution in [2.45, 2.75) is 39.7 Å². The molecular formula is C16H22N4O. The van der Waals surface area contributed by atoms with Gasteiger partial charge < -0.3 is 0 Å². The van der Waals surface area contributed by atoms with Crippen LogP contribution in [-0.2, 0) is 30.6 Å². The van der Waals surface area contributed by atoms with E-state index in [9.17, 15) is 4.79 Å². The molecule has 21 heavy (non-hydrogen) atoms. The predicted molar refractivity (Wildman–Crippen MR) is 82.6 cm³/mol. The van der Waals surface area contributed by atoms with E-state index in [0.29, 0.717) is 6.54 Å². The number of hydrogen-bond acceptors (Lipinski definition) is 3. The molecule has 5 nitrogen and oxygen atoms in total. The van der Waals surface area contributed by atoms with Gasteiger partial charge >= 0.3 is 0 Å². The Hall–Kier alpha value is -2.14. The van der Waals surface area contributed by atoms with Gasteiger partial charge in [0.25, 0.3) is 0 Å². The van der Waals surface area contributed by atoms with Crippen molar-refractivity contribution in [3.63, 3.8) is 0 Å². The Kier molecular flexibility index (Phi) is 5.11. The highest BCUT2D eigenvalue weighted by molar-refractivity contribution is 5.78. The minimum absolute atomic E-state index is 0.187. The van der Waals surface area contributed by atoms with Gasteiger partial charge in [0.2, 0.25) is 5.91 Å². The Morgan fingerprint density at radius 3 is 2.57 bits per heavy atom. The monoisotopic (exact) mass is 286 g/mol. The number of amides is 1. The van der Waals surface area contributed by atoms with Crippen LogP contribution in [0.25, 0.3) is 0 Å². The van der Waals surface area contributed by atoms with E-state index in [0.717, 1.165) is 29.7 Å². The predicted octanol–water partition coefficient (Wildman–Crippen LogP) is 1.59. The second-order valence-corrected chi connectivity index (χ2v) is 5.00. The van der Waals surface area contributed by atoms with E-state index < -0.39 is 0 Å². The molecule has 0 fully saturated rings. The molecule has 5 heteroatoms. The minimum atomic E-state index is -0.187. The number of carbonyl (C=O) groups excluding carboxylic acids is 1. The summed E-state index contributed by atoms with van der Waals surface area (Å²) < 4.78 is 2.03. The first kappa shape index (κ1) is 15.3. The van der Waals surface area contributed by atoms with Crippen molar-refractivity contribution in [3.05, 3.63) is 52.8 Å². The summed E-state index contributed by atoms with van der Waals surface area (Å²) in [5, 5.41) is 4.63. The van der Waals surface area contributed by atoms with Gasteiger partial charge in [0.15, 0.2) is 0 Å². The first-order valence-corrected chi connectivity index (χ1v) is 7.29. The maximum atomic E-state index is 11.5. The number of nitrogens with zero attached hydrogens (tertiary/aromatic N) is 2. The number of aryl methyl sites for hydroxylation is 2. The summed E-state index contributed by atoms with van der Waals surface area (Å²) in [6.45, 7) is 4.91. The average Bonchev–Trinajstić information content (AvgIpc) is 2.91. The zero-order chi connectivity index (χ0) is 15.2. The van der Waals surface area contributed by atoms with Gasteiger partial charge in [0.1, 0.15) is 0 Å². The Bertz CT molecular complexity index is 618. The van der Waals surface area contributed by atoms with Crippen LogP contribution in [0.15, 0.2) is 30.3 Å². The van der Waals surface area contributed by atoms with Gasteiger partial charge in [-0.2, -0.15) is 5.10 Å². The summed E-state index contributed by atoms with van der Waals surface area (Å²) in [5.41, 5.74) is 6.57. The zero-order valence-corrected chi connectivity index (χ0v) is 12.6. The van der Waals surface area contributed by atoms with Crippen LogP contribution < -0.4 is 11.3 Å². The zero-order valence-electron chi connectivity index (χ0n) is 12.6. The van der Waals surface area contributed by atoms with Crippen molar-refractivity contribution in [3.8, 4) is 0 Å². The summed E-state index contributed by atoms with van der Waals surface area (Å²) >= 11 is 0. The SMILES string of the molecule is CCc1cc(CC)n(Cc2ccccc2CC(=O)NN)n1. The lowest BCUT2D eigenvalue weighted by atomic mass is 10.0. The molecule has 0 atom stereocenters. The van der Waals surface area contributed by atoms with Crippen molar-refractivity contribution >= 4 is 5.91 Å². The number of nitrogens with two attached hydrogens (primary N) is 1. The highest BCUT2D eigenvalue weighted by atomic mass is 16.2. The van der Waals surface area contributed by atoms with E-state index in [1.807, 2.05) is 28.9 Å². The van der Waals surface area contributed by atoms with Crippen LogP contribution >= 0.6 is 0 Å². The summed E-state index contributed by atoms with van der Waals surface area (Å²) in [6, 6.07) is 10.1. The molecule has 0 bridgehead atoms. The number of carbonyl (C=O) groups is 1. The highest BCUT2D eigenvalue weighted by Gasteiger charge is 2.10. The van der Waals surface area contributed by atoms with Crippen LogP contribution in [0.4, 0.5) is 0 Å². The average molecular weight is 286 g/mol. The third-order valence-electron chi connectivity index (χ3n) is 3.59. The van der Waals surface area contributed by atoms with Crippen LogP contribution in [0.1, 0.15) is 36.4 Å². The van der Waals surface area contributed by atoms with Crippen molar-refractivity contribution < 1.29 is 4.79 Å². The Morgan fingerprint density at radius 1 is 1.24 bits per heavy atom. The number of rotatable bonds is 6. The Labute approximate surface area is 125 Å². The van der Waals surface area contributed by atoms with Crippen molar-refractivity contribution in [2.75, 3.05) is 0 Å². The van der Waals surface area contributed by atoms with Gasteiger partial charge in [0.05, 0.1) is 18.7 Å². The largest absolute Gasteiger partial charge is 0.294 e. The number of hydrazine groups is 1. The molecule has 112 valence electrons. The third kappa shape index (κ3) is 3.70. The molecule has 0 saturated carbocycles. The second kappa shape index (κ2) is 7.04. The molecule has 0 aliphatic carbocycles. The van der Waals surface area contributed by atoms with E-state index in [4.69, 9.17) is 5.84 Å². The van der Waals surface area contributed by atoms with Gasteiger partial charge in [-0.15, -0.1) is 0 Å². The van der Waals surface area contributed by atoms with Gasteiger partial charge in [-0.05, 0) is 30.0 Å². The lowest BCUT2D eigenvalue weighted by Crippen LogP contribution is -2.31. The topological polar surface area (TPSA) is 72.9 Å². The van der Waals surface area contributed by atoms with Crippen LogP contribution in [-0.4, -0.2) is 15.7 Å². The molecule has 0 spiro atoms. The van der Waals surface area contributed by atoms with Crippen LogP contribution in [0, 0.1) is 0 Å². The first-order valence-electron chi connectivity index (χ1n) is 7.29. The maximum absolute atomic E-state index is 11.5. The Balaban J connectivity index is 2.27. The van der Waals surface area contributed by atoms with E-state index in [1.165, 1.54) is 5.69 Å². The fourth-order valence-corrected chi connectivity index (χ4v) is 2.38. The van der Waals surface area contributed by atoms with Crippen LogP contribution in [0.2, 0.25) is 0 Å². The van der Waals surface area contributed by atoms with E-state index in [-0.39, 0.29) is 12.3 Å². The molecule has 1 aromatic carbocycles. The van der Waals surface area contributed by atoms with Gasteiger partial charge in [-0.3, -0.25) is 14.9 Å². The molecule has 0 unspecified atom stereocenters. The summed E-state index contributed by atoms with van der Waals surface area (Å²) in [5.74, 6) is 4.99. The number of nitrogens with one attached hydrogen (secondary N) is 1. The maximum Gasteiger partial charge on any atom is 0.238 e. The molecule has 0 aliphatic heterocycles. The van der Waals surface area contributed by atoms with Gasteiger partial charge in [0, 0.05) is 5.69 Å². The van der Waals surface area contributed by atoms with Crippen LogP contribution in [0.5, 0.6) is 0 Å². The van der Waals surface area contributed by atoms with E-state index in [2.05, 4.69) is 30.4 Å². The van der Waals surface area contributed by atoms with E-state index in [1.54, 1.807) is 0 Å². The van der Waals surface area contributed by atoms with Crippen molar-refractivity contribution in [2.24, 2.45) is 5.84 Å². The first-order chi connectivity index (χ1) is 10.2. The summed E-state index contributed by atoms with van der Waals surface area (Å²) in [7, 11) is 0. The van der Waals surface area contributed by atoms with Crippen molar-refractivity contribution in [1.29, 1.82) is 0 Å². The molecule has 0 radical (unpaired) electrons. The number of benzene rings is 1. The quantitative estimate of drug-likeness (QED) is 0.481. The number of aromatic nitrogens is 2. The minimum Gasteiger partial charge on any atom is -0.294 e. The molecule has 1 amide bonds. The molecule has 0 saturated heterocycles. The van der Waals surface area contributed by atoms with Crippen LogP contribution in [0.3, 0.4) is 0 Å². The molecule has 2 rings (SSSR count). The molecule has 1 aromatic heterocycles. The molecule has 1 heterocycles. The third-order valence-corrected chi connectivity index (χ3v) is 3.59. The van der Waals surface area contributed by atoms with Gasteiger partial charge in [-0.1, -0.05) is 38.1 Å². The molecule has 3 N–H and O–H groups in total. The Morgan fingerprint density at radius 2 is 1.95 bits per heavy atom. The second-order valence-electron chi connectivity index (χ2n) is 5.00. The number of hydrogen-bond donors (Lipinski definition) is 2. The fourth-order valence-electron chi connectivity index (χ4n) is 2.38. The molecular weight excluding hydrogens is 264 g/mol. The van der Waals surface area contributed by atoms with E-state index >= 15 is 0 Å². The summed E-state index contributed by atoms with van der Waals surface area (Å²) in [4.78, 5) is 11.5.